The molecule has 0 spiro atoms. The summed E-state index contributed by atoms with van der Waals surface area (Å²) in [7, 11) is 1.72. The SMILES string of the molecule is O=P.[Ba].[Ti]. The van der Waals surface area contributed by atoms with E-state index in [-0.39, 0.29) is 70.6 Å². The molecule has 0 aliphatic carbocycles. The van der Waals surface area contributed by atoms with Crippen LogP contribution in [0.25, 0.3) is 0 Å². The fourth-order valence-corrected chi connectivity index (χ4v) is 0. The molecule has 0 bridgehead atoms. The molecule has 0 saturated carbocycles. The maximum atomic E-state index is 8.06. The van der Waals surface area contributed by atoms with Gasteiger partial charge < -0.3 is 0 Å². The van der Waals surface area contributed by atoms with Gasteiger partial charge in [-0.25, -0.2) is 0 Å². The molecule has 0 saturated heterocycles. The molecule has 0 aliphatic rings. The smallest absolute Gasteiger partial charge is 0.138 e. The van der Waals surface area contributed by atoms with Crippen molar-refractivity contribution in [1.82, 2.24) is 0 Å². The molecular formula is HBaOPTi. The Kier molecular flexibility index (Phi) is 73.5. The minimum atomic E-state index is 0. The first-order chi connectivity index (χ1) is 1.00. The van der Waals surface area contributed by atoms with E-state index in [1.54, 1.807) is 9.12 Å². The zero-order valence-corrected chi connectivity index (χ0v) is 9.12. The van der Waals surface area contributed by atoms with Crippen molar-refractivity contribution in [2.24, 2.45) is 0 Å². The summed E-state index contributed by atoms with van der Waals surface area (Å²) in [5.41, 5.74) is 0. The van der Waals surface area contributed by atoms with Crippen LogP contribution in [0.2, 0.25) is 0 Å². The van der Waals surface area contributed by atoms with E-state index in [2.05, 4.69) is 0 Å². The van der Waals surface area contributed by atoms with Gasteiger partial charge in [0.1, 0.15) is 9.12 Å². The van der Waals surface area contributed by atoms with E-state index in [1.165, 1.54) is 0 Å². The van der Waals surface area contributed by atoms with Crippen molar-refractivity contribution >= 4 is 58.0 Å². The van der Waals surface area contributed by atoms with Gasteiger partial charge in [-0.2, -0.15) is 0 Å². The summed E-state index contributed by atoms with van der Waals surface area (Å²) in [5.74, 6) is 0. The summed E-state index contributed by atoms with van der Waals surface area (Å²) in [6.45, 7) is 0. The summed E-state index contributed by atoms with van der Waals surface area (Å²) >= 11 is 0. The average molecular weight is 233 g/mol. The predicted molar refractivity (Wildman–Crippen MR) is 14.8 cm³/mol. The number of hydrogen-bond acceptors (Lipinski definition) is 1. The van der Waals surface area contributed by atoms with Crippen molar-refractivity contribution in [3.05, 3.63) is 0 Å². The molecule has 0 heterocycles. The van der Waals surface area contributed by atoms with Crippen LogP contribution in [-0.4, -0.2) is 48.9 Å². The summed E-state index contributed by atoms with van der Waals surface area (Å²) in [5, 5.41) is 0. The van der Waals surface area contributed by atoms with E-state index < -0.39 is 0 Å². The van der Waals surface area contributed by atoms with Crippen LogP contribution in [0.15, 0.2) is 0 Å². The zero-order valence-electron chi connectivity index (χ0n) is 2.12. The Hall–Kier alpha value is 2.39. The normalized spacial score (nSPS) is 1.00. The van der Waals surface area contributed by atoms with Gasteiger partial charge in [-0.05, 0) is 0 Å². The van der Waals surface area contributed by atoms with Crippen molar-refractivity contribution < 1.29 is 26.3 Å². The Bertz CT molecular complexity index is 8.00. The van der Waals surface area contributed by atoms with Crippen molar-refractivity contribution in [2.45, 2.75) is 0 Å². The van der Waals surface area contributed by atoms with Gasteiger partial charge in [0.05, 0.1) is 0 Å². The van der Waals surface area contributed by atoms with Crippen LogP contribution in [-0.2, 0) is 26.3 Å². The van der Waals surface area contributed by atoms with E-state index in [1.807, 2.05) is 0 Å². The molecule has 0 aromatic heterocycles. The van der Waals surface area contributed by atoms with Crippen LogP contribution in [0.5, 0.6) is 0 Å². The third-order valence-electron chi connectivity index (χ3n) is 0. The van der Waals surface area contributed by atoms with E-state index in [0.717, 1.165) is 0 Å². The van der Waals surface area contributed by atoms with E-state index >= 15 is 0 Å². The fraction of sp³-hybridized carbons (Fsp3) is 0. The minimum absolute atomic E-state index is 0. The molecular weight excluding hydrogens is 232 g/mol. The van der Waals surface area contributed by atoms with Gasteiger partial charge in [-0.3, -0.25) is 4.57 Å². The van der Waals surface area contributed by atoms with Gasteiger partial charge in [0, 0.05) is 70.6 Å². The first-order valence-corrected chi connectivity index (χ1v) is 0.612. The van der Waals surface area contributed by atoms with Crippen molar-refractivity contribution in [1.29, 1.82) is 0 Å². The second-order valence-corrected chi connectivity index (χ2v) is 0. The van der Waals surface area contributed by atoms with Crippen molar-refractivity contribution in [3.63, 3.8) is 0 Å². The van der Waals surface area contributed by atoms with Crippen LogP contribution in [0.3, 0.4) is 0 Å². The van der Waals surface area contributed by atoms with E-state index in [4.69, 9.17) is 4.57 Å². The summed E-state index contributed by atoms with van der Waals surface area (Å²) < 4.78 is 8.06. The third kappa shape index (κ3) is 8.83. The van der Waals surface area contributed by atoms with E-state index in [0.29, 0.717) is 0 Å². The number of rotatable bonds is 0. The molecule has 18 valence electrons. The predicted octanol–water partition coefficient (Wildman–Crippen LogP) is 0.0914. The Morgan fingerprint density at radius 3 is 1.25 bits per heavy atom. The van der Waals surface area contributed by atoms with Gasteiger partial charge in [0.25, 0.3) is 0 Å². The van der Waals surface area contributed by atoms with Gasteiger partial charge in [0.2, 0.25) is 0 Å². The second-order valence-electron chi connectivity index (χ2n) is 0. The largest absolute Gasteiger partial charge is 0.279 e. The van der Waals surface area contributed by atoms with Gasteiger partial charge >= 0.3 is 0 Å². The topological polar surface area (TPSA) is 17.1 Å². The molecule has 0 amide bonds. The Morgan fingerprint density at radius 2 is 1.25 bits per heavy atom. The first-order valence-electron chi connectivity index (χ1n) is 0.204. The van der Waals surface area contributed by atoms with Crippen LogP contribution in [0.1, 0.15) is 0 Å². The fourth-order valence-electron chi connectivity index (χ4n) is 0. The summed E-state index contributed by atoms with van der Waals surface area (Å²) in [6, 6.07) is 0. The molecule has 2 radical (unpaired) electrons. The maximum absolute atomic E-state index is 8.06. The van der Waals surface area contributed by atoms with Crippen LogP contribution in [0, 0.1) is 0 Å². The molecule has 0 unspecified atom stereocenters. The van der Waals surface area contributed by atoms with Crippen molar-refractivity contribution in [3.8, 4) is 0 Å². The van der Waals surface area contributed by atoms with Crippen molar-refractivity contribution in [2.75, 3.05) is 0 Å². The molecule has 0 N–H and O–H groups in total. The van der Waals surface area contributed by atoms with Crippen LogP contribution in [0.4, 0.5) is 0 Å². The molecule has 0 fully saturated rings. The first kappa shape index (κ1) is 16.2. The van der Waals surface area contributed by atoms with Crippen LogP contribution < -0.4 is 0 Å². The second kappa shape index (κ2) is 18.2. The molecule has 4 heteroatoms. The van der Waals surface area contributed by atoms with Gasteiger partial charge in [0.15, 0.2) is 0 Å². The molecule has 0 aromatic carbocycles. The quantitative estimate of drug-likeness (QED) is 0.428. The molecule has 4 heavy (non-hydrogen) atoms. The average Bonchev–Trinajstić information content (AvgIpc) is 1.00. The molecule has 0 aromatic rings. The Morgan fingerprint density at radius 1 is 1.25 bits per heavy atom. The zero-order chi connectivity index (χ0) is 2.00. The molecule has 0 aliphatic heterocycles. The molecule has 1 nitrogen and oxygen atoms in total. The standard InChI is InChI=1S/Ba.HOP.Ti/c;1-2;/h;2H;. The van der Waals surface area contributed by atoms with Gasteiger partial charge in [-0.15, -0.1) is 0 Å². The summed E-state index contributed by atoms with van der Waals surface area (Å²) in [6.07, 6.45) is 0. The Balaban J connectivity index is -0.00000000500. The van der Waals surface area contributed by atoms with Crippen LogP contribution >= 0.6 is 9.12 Å². The van der Waals surface area contributed by atoms with E-state index in [9.17, 15) is 0 Å². The van der Waals surface area contributed by atoms with Gasteiger partial charge in [-0.1, -0.05) is 0 Å². The minimum Gasteiger partial charge on any atom is -0.279 e. The maximum Gasteiger partial charge on any atom is 0.138 e. The number of hydrogen-bond donors (Lipinski definition) is 0. The molecule has 0 atom stereocenters. The monoisotopic (exact) mass is 234 g/mol. The summed E-state index contributed by atoms with van der Waals surface area (Å²) in [4.78, 5) is 0. The third-order valence-corrected chi connectivity index (χ3v) is 0. The Labute approximate surface area is 82.5 Å². The molecule has 0 rings (SSSR count).